The van der Waals surface area contributed by atoms with Gasteiger partial charge in [-0.2, -0.15) is 0 Å². The van der Waals surface area contributed by atoms with Gasteiger partial charge >= 0.3 is 5.69 Å². The fourth-order valence-electron chi connectivity index (χ4n) is 3.90. The largest absolute Gasteiger partial charge is 0.396 e. The van der Waals surface area contributed by atoms with E-state index in [1.54, 1.807) is 4.57 Å². The van der Waals surface area contributed by atoms with Crippen LogP contribution >= 0.6 is 0 Å². The van der Waals surface area contributed by atoms with Gasteiger partial charge in [0.15, 0.2) is 5.82 Å². The Morgan fingerprint density at radius 3 is 2.90 bits per heavy atom. The first-order valence-corrected chi connectivity index (χ1v) is 11.1. The van der Waals surface area contributed by atoms with Gasteiger partial charge < -0.3 is 25.5 Å². The summed E-state index contributed by atoms with van der Waals surface area (Å²) >= 11 is 0. The number of aromatic nitrogens is 2. The molecule has 170 valence electrons. The minimum Gasteiger partial charge on any atom is -0.396 e. The highest BCUT2D eigenvalue weighted by molar-refractivity contribution is 5.99. The lowest BCUT2D eigenvalue weighted by Crippen LogP contribution is -2.36. The number of nitrogens with two attached hydrogens (primary N) is 1. The topological polar surface area (TPSA) is 121 Å². The number of aliphatic hydroxyl groups excluding tert-OH is 1. The number of unbranched alkanes of at least 4 members (excludes halogenated alkanes) is 2. The summed E-state index contributed by atoms with van der Waals surface area (Å²) < 4.78 is 6.98. The number of H-pyrrole nitrogens is 1. The quantitative estimate of drug-likeness (QED) is 0.240. The fraction of sp³-hybridized carbons (Fsp3) is 0.762. The van der Waals surface area contributed by atoms with Crippen LogP contribution < -0.4 is 11.4 Å². The van der Waals surface area contributed by atoms with E-state index in [1.165, 1.54) is 12.8 Å². The standard InChI is InChI=1S/C21H38N6O3/c1-3-4-14-30-16-24-19(22)18-20(23-2)27(21(29)25-18)12-6-5-10-26-11-7-8-17(15-26)9-13-28/h17,28H,2-16H2,1H3,(H2,22,24)(H,25,29). The molecule has 9 heteroatoms. The summed E-state index contributed by atoms with van der Waals surface area (Å²) in [5.41, 5.74) is 6.18. The Morgan fingerprint density at radius 1 is 1.37 bits per heavy atom. The molecule has 0 bridgehead atoms. The number of amidine groups is 1. The molecule has 1 fully saturated rings. The van der Waals surface area contributed by atoms with Crippen LogP contribution in [0.2, 0.25) is 0 Å². The minimum absolute atomic E-state index is 0.155. The summed E-state index contributed by atoms with van der Waals surface area (Å²) in [6.45, 7) is 10.5. The number of hydrogen-bond acceptors (Lipinski definition) is 6. The second kappa shape index (κ2) is 13.4. The molecule has 1 atom stereocenters. The molecule has 2 heterocycles. The molecule has 30 heavy (non-hydrogen) atoms. The van der Waals surface area contributed by atoms with Gasteiger partial charge in [-0.3, -0.25) is 4.57 Å². The minimum atomic E-state index is -0.251. The second-order valence-electron chi connectivity index (χ2n) is 7.90. The van der Waals surface area contributed by atoms with Crippen LogP contribution in [0.5, 0.6) is 0 Å². The molecule has 0 saturated carbocycles. The number of hydrogen-bond donors (Lipinski definition) is 3. The Morgan fingerprint density at radius 2 is 2.17 bits per heavy atom. The van der Waals surface area contributed by atoms with Crippen LogP contribution in [0.25, 0.3) is 0 Å². The predicted molar refractivity (Wildman–Crippen MR) is 121 cm³/mol. The van der Waals surface area contributed by atoms with Crippen molar-refractivity contribution in [2.45, 2.75) is 58.4 Å². The molecule has 0 radical (unpaired) electrons. The Hall–Kier alpha value is -1.97. The summed E-state index contributed by atoms with van der Waals surface area (Å²) in [5, 5.41) is 9.15. The summed E-state index contributed by atoms with van der Waals surface area (Å²) in [4.78, 5) is 25.8. The van der Waals surface area contributed by atoms with E-state index in [9.17, 15) is 4.79 Å². The number of aromatic amines is 1. The Bertz CT molecular complexity index is 725. The van der Waals surface area contributed by atoms with E-state index in [0.717, 1.165) is 51.7 Å². The molecular weight excluding hydrogens is 384 g/mol. The van der Waals surface area contributed by atoms with Gasteiger partial charge in [0.25, 0.3) is 0 Å². The van der Waals surface area contributed by atoms with E-state index in [2.05, 4.69) is 33.5 Å². The third-order valence-corrected chi connectivity index (χ3v) is 5.58. The molecule has 9 nitrogen and oxygen atoms in total. The first-order valence-electron chi connectivity index (χ1n) is 11.1. The Balaban J connectivity index is 1.86. The van der Waals surface area contributed by atoms with Crippen molar-refractivity contribution in [1.82, 2.24) is 14.5 Å². The first kappa shape index (κ1) is 24.3. The average Bonchev–Trinajstić information content (AvgIpc) is 3.07. The van der Waals surface area contributed by atoms with Crippen LogP contribution in [-0.4, -0.2) is 71.7 Å². The zero-order chi connectivity index (χ0) is 21.8. The molecule has 1 saturated heterocycles. The second-order valence-corrected chi connectivity index (χ2v) is 7.90. The lowest BCUT2D eigenvalue weighted by atomic mass is 9.95. The van der Waals surface area contributed by atoms with Crippen molar-refractivity contribution >= 4 is 18.4 Å². The molecule has 1 aliphatic heterocycles. The van der Waals surface area contributed by atoms with Gasteiger partial charge in [0.2, 0.25) is 0 Å². The van der Waals surface area contributed by atoms with Crippen molar-refractivity contribution in [3.63, 3.8) is 0 Å². The van der Waals surface area contributed by atoms with Crippen molar-refractivity contribution < 1.29 is 9.84 Å². The maximum absolute atomic E-state index is 12.4. The van der Waals surface area contributed by atoms with Crippen molar-refractivity contribution in [2.75, 3.05) is 39.6 Å². The molecule has 1 aliphatic rings. The van der Waals surface area contributed by atoms with Crippen molar-refractivity contribution in [1.29, 1.82) is 0 Å². The van der Waals surface area contributed by atoms with Gasteiger partial charge in [-0.05, 0) is 64.2 Å². The van der Waals surface area contributed by atoms with Gasteiger partial charge in [-0.1, -0.05) is 13.3 Å². The molecule has 2 rings (SSSR count). The van der Waals surface area contributed by atoms with Gasteiger partial charge in [0, 0.05) is 26.3 Å². The van der Waals surface area contributed by atoms with Crippen molar-refractivity contribution in [3.8, 4) is 0 Å². The average molecular weight is 423 g/mol. The van der Waals surface area contributed by atoms with Crippen molar-refractivity contribution in [3.05, 3.63) is 16.2 Å². The number of nitrogens with one attached hydrogen (secondary N) is 1. The van der Waals surface area contributed by atoms with Crippen LogP contribution in [0.3, 0.4) is 0 Å². The SMILES string of the molecule is C=Nc1c(/C(N)=N\COCCCC)[nH]c(=O)n1CCCCN1CCCC(CCO)C1. The van der Waals surface area contributed by atoms with Crippen LogP contribution in [0, 0.1) is 5.92 Å². The maximum atomic E-state index is 12.4. The van der Waals surface area contributed by atoms with E-state index in [1.807, 2.05) is 0 Å². The molecule has 1 aromatic rings. The molecule has 0 spiro atoms. The van der Waals surface area contributed by atoms with Crippen LogP contribution in [0.4, 0.5) is 5.82 Å². The fourth-order valence-corrected chi connectivity index (χ4v) is 3.90. The Labute approximate surface area is 179 Å². The van der Waals surface area contributed by atoms with Crippen molar-refractivity contribution in [2.24, 2.45) is 21.6 Å². The van der Waals surface area contributed by atoms with E-state index < -0.39 is 0 Å². The van der Waals surface area contributed by atoms with E-state index in [-0.39, 0.29) is 24.9 Å². The summed E-state index contributed by atoms with van der Waals surface area (Å²) in [7, 11) is 0. The number of ether oxygens (including phenoxy) is 1. The van der Waals surface area contributed by atoms with Gasteiger partial charge in [0.05, 0.1) is 0 Å². The molecular formula is C21H38N6O3. The molecule has 0 amide bonds. The molecule has 1 aromatic heterocycles. The summed E-state index contributed by atoms with van der Waals surface area (Å²) in [5.74, 6) is 1.23. The number of aliphatic imine (C=N–C) groups is 2. The van der Waals surface area contributed by atoms with Gasteiger partial charge in [-0.25, -0.2) is 14.8 Å². The number of rotatable bonds is 14. The third-order valence-electron chi connectivity index (χ3n) is 5.58. The smallest absolute Gasteiger partial charge is 0.327 e. The normalized spacial score (nSPS) is 18.1. The number of likely N-dealkylation sites (tertiary alicyclic amines) is 1. The van der Waals surface area contributed by atoms with Gasteiger partial charge in [-0.15, -0.1) is 0 Å². The summed E-state index contributed by atoms with van der Waals surface area (Å²) in [6, 6.07) is 0. The Kier molecular flexibility index (Phi) is 10.8. The number of piperidine rings is 1. The lowest BCUT2D eigenvalue weighted by Gasteiger charge is -2.32. The van der Waals surface area contributed by atoms with Gasteiger partial charge in [0.1, 0.15) is 18.3 Å². The van der Waals surface area contributed by atoms with Crippen LogP contribution in [0.1, 0.15) is 57.6 Å². The highest BCUT2D eigenvalue weighted by atomic mass is 16.5. The molecule has 0 aliphatic carbocycles. The number of nitrogens with zero attached hydrogens (tertiary/aromatic N) is 4. The highest BCUT2D eigenvalue weighted by Crippen LogP contribution is 2.20. The number of aliphatic hydroxyl groups is 1. The number of imidazole rings is 1. The monoisotopic (exact) mass is 422 g/mol. The molecule has 1 unspecified atom stereocenters. The van der Waals surface area contributed by atoms with E-state index in [4.69, 9.17) is 15.6 Å². The zero-order valence-corrected chi connectivity index (χ0v) is 18.3. The zero-order valence-electron chi connectivity index (χ0n) is 18.3. The van der Waals surface area contributed by atoms with Crippen LogP contribution in [0.15, 0.2) is 14.8 Å². The van der Waals surface area contributed by atoms with Crippen LogP contribution in [-0.2, 0) is 11.3 Å². The maximum Gasteiger partial charge on any atom is 0.327 e. The molecule has 4 N–H and O–H groups in total. The highest BCUT2D eigenvalue weighted by Gasteiger charge is 2.19. The molecule has 0 aromatic carbocycles. The predicted octanol–water partition coefficient (Wildman–Crippen LogP) is 1.86. The summed E-state index contributed by atoms with van der Waals surface area (Å²) in [6.07, 6.45) is 7.17. The van der Waals surface area contributed by atoms with E-state index in [0.29, 0.717) is 30.6 Å². The van der Waals surface area contributed by atoms with E-state index >= 15 is 0 Å². The third kappa shape index (κ3) is 7.37. The first-order chi connectivity index (χ1) is 14.6. The lowest BCUT2D eigenvalue weighted by molar-refractivity contribution is 0.139.